The van der Waals surface area contributed by atoms with Gasteiger partial charge in [0.1, 0.15) is 17.2 Å². The lowest BCUT2D eigenvalue weighted by Crippen LogP contribution is -2.35. The summed E-state index contributed by atoms with van der Waals surface area (Å²) in [5.74, 6) is -3.22. The van der Waals surface area contributed by atoms with E-state index >= 15 is 0 Å². The molecule has 0 saturated carbocycles. The monoisotopic (exact) mass is 382 g/mol. The Morgan fingerprint density at radius 1 is 1.04 bits per heavy atom. The Balaban J connectivity index is 2.16. The number of imide groups is 1. The summed E-state index contributed by atoms with van der Waals surface area (Å²) in [5, 5.41) is 4.42. The van der Waals surface area contributed by atoms with E-state index in [0.717, 1.165) is 33.8 Å². The number of hydrogen-bond acceptors (Lipinski definition) is 2. The molecule has 0 aliphatic heterocycles. The number of hydrogen-bond donors (Lipinski definition) is 2. The Bertz CT molecular complexity index is 750. The van der Waals surface area contributed by atoms with Crippen molar-refractivity contribution in [3.05, 3.63) is 63.1 Å². The Morgan fingerprint density at radius 2 is 1.57 bits per heavy atom. The Kier molecular flexibility index (Phi) is 5.10. The molecule has 0 fully saturated rings. The van der Waals surface area contributed by atoms with Crippen LogP contribution in [0.5, 0.6) is 0 Å². The summed E-state index contributed by atoms with van der Waals surface area (Å²) in [4.78, 5) is 23.8. The number of carbonyl (C=O) groups excluding carboxylic acids is 2. The fourth-order valence-electron chi connectivity index (χ4n) is 2.13. The lowest BCUT2D eigenvalue weighted by molar-refractivity contribution is 0.0959. The number of anilines is 1. The van der Waals surface area contributed by atoms with Gasteiger partial charge in [0.05, 0.1) is 0 Å². The smallest absolute Gasteiger partial charge is 0.307 e. The summed E-state index contributed by atoms with van der Waals surface area (Å²) < 4.78 is 27.9. The van der Waals surface area contributed by atoms with Crippen LogP contribution in [0, 0.1) is 25.5 Å². The molecule has 0 saturated heterocycles. The first-order valence-corrected chi connectivity index (χ1v) is 7.42. The van der Waals surface area contributed by atoms with E-state index in [1.807, 2.05) is 5.32 Å². The minimum Gasteiger partial charge on any atom is -0.307 e. The van der Waals surface area contributed by atoms with E-state index in [1.165, 1.54) is 0 Å². The number of benzene rings is 2. The van der Waals surface area contributed by atoms with Crippen LogP contribution in [-0.2, 0) is 0 Å². The van der Waals surface area contributed by atoms with Gasteiger partial charge in [-0.1, -0.05) is 22.0 Å². The summed E-state index contributed by atoms with van der Waals surface area (Å²) >= 11 is 3.33. The van der Waals surface area contributed by atoms with Crippen molar-refractivity contribution in [1.82, 2.24) is 5.32 Å². The van der Waals surface area contributed by atoms with Gasteiger partial charge in [-0.15, -0.1) is 0 Å². The largest absolute Gasteiger partial charge is 0.326 e. The van der Waals surface area contributed by atoms with Crippen LogP contribution in [-0.4, -0.2) is 11.9 Å². The number of urea groups is 1. The molecule has 0 heterocycles. The third-order valence-corrected chi connectivity index (χ3v) is 3.61. The Hall–Kier alpha value is -2.28. The lowest BCUT2D eigenvalue weighted by Gasteiger charge is -2.13. The number of aryl methyl sites for hydroxylation is 2. The molecule has 0 bridgehead atoms. The summed E-state index contributed by atoms with van der Waals surface area (Å²) in [6, 6.07) is 5.74. The van der Waals surface area contributed by atoms with Crippen molar-refractivity contribution in [2.24, 2.45) is 0 Å². The molecule has 0 aliphatic carbocycles. The minimum absolute atomic E-state index is 0.521. The van der Waals surface area contributed by atoms with Crippen LogP contribution in [0.1, 0.15) is 21.5 Å². The minimum atomic E-state index is -1.15. The van der Waals surface area contributed by atoms with Gasteiger partial charge in [0.2, 0.25) is 0 Å². The van der Waals surface area contributed by atoms with E-state index in [0.29, 0.717) is 5.69 Å². The molecule has 0 unspecified atom stereocenters. The number of rotatable bonds is 2. The first-order valence-electron chi connectivity index (χ1n) is 6.62. The third-order valence-electron chi connectivity index (χ3n) is 3.15. The van der Waals surface area contributed by atoms with Crippen molar-refractivity contribution in [1.29, 1.82) is 0 Å². The highest BCUT2D eigenvalue weighted by Crippen LogP contribution is 2.25. The molecule has 2 aromatic carbocycles. The molecule has 2 rings (SSSR count). The second-order valence-corrected chi connectivity index (χ2v) is 5.84. The fourth-order valence-corrected chi connectivity index (χ4v) is 2.82. The predicted octanol–water partition coefficient (Wildman–Crippen LogP) is 4.31. The highest BCUT2D eigenvalue weighted by molar-refractivity contribution is 9.10. The maximum Gasteiger partial charge on any atom is 0.326 e. The van der Waals surface area contributed by atoms with Crippen molar-refractivity contribution < 1.29 is 18.4 Å². The summed E-state index contributed by atoms with van der Waals surface area (Å²) in [5.41, 5.74) is 1.27. The van der Waals surface area contributed by atoms with Crippen molar-refractivity contribution in [2.75, 3.05) is 5.32 Å². The van der Waals surface area contributed by atoms with Gasteiger partial charge in [-0.25, -0.2) is 13.6 Å². The zero-order valence-corrected chi connectivity index (χ0v) is 13.9. The molecule has 4 nitrogen and oxygen atoms in total. The maximum atomic E-state index is 13.5. The summed E-state index contributed by atoms with van der Waals surface area (Å²) in [6.45, 7) is 3.57. The molecule has 2 N–H and O–H groups in total. The van der Waals surface area contributed by atoms with Gasteiger partial charge < -0.3 is 5.32 Å². The highest BCUT2D eigenvalue weighted by atomic mass is 79.9. The number of amides is 3. The highest BCUT2D eigenvalue weighted by Gasteiger charge is 2.19. The van der Waals surface area contributed by atoms with Gasteiger partial charge >= 0.3 is 6.03 Å². The SMILES string of the molecule is Cc1cc(Br)cc(C)c1NC(=O)NC(=O)c1c(F)cccc1F. The van der Waals surface area contributed by atoms with Crippen LogP contribution in [0.2, 0.25) is 0 Å². The number of halogens is 3. The average Bonchev–Trinajstić information content (AvgIpc) is 2.42. The van der Waals surface area contributed by atoms with Gasteiger partial charge in [-0.2, -0.15) is 0 Å². The zero-order valence-electron chi connectivity index (χ0n) is 12.3. The van der Waals surface area contributed by atoms with E-state index in [2.05, 4.69) is 21.2 Å². The molecule has 120 valence electrons. The molecule has 3 amide bonds. The zero-order chi connectivity index (χ0) is 17.1. The van der Waals surface area contributed by atoms with Gasteiger partial charge in [0, 0.05) is 10.2 Å². The third kappa shape index (κ3) is 3.92. The molecule has 2 aromatic rings. The Morgan fingerprint density at radius 3 is 2.09 bits per heavy atom. The summed E-state index contributed by atoms with van der Waals surface area (Å²) in [6.07, 6.45) is 0. The standard InChI is InChI=1S/C16H13BrF2N2O2/c1-8-6-10(17)7-9(2)14(8)20-16(23)21-15(22)13-11(18)4-3-5-12(13)19/h3-7H,1-2H3,(H2,20,21,22,23). The normalized spacial score (nSPS) is 10.3. The maximum absolute atomic E-state index is 13.5. The molecule has 0 aliphatic rings. The molecule has 23 heavy (non-hydrogen) atoms. The quantitative estimate of drug-likeness (QED) is 0.812. The predicted molar refractivity (Wildman–Crippen MR) is 86.5 cm³/mol. The van der Waals surface area contributed by atoms with Crippen LogP contribution >= 0.6 is 15.9 Å². The van der Waals surface area contributed by atoms with Crippen molar-refractivity contribution in [3.63, 3.8) is 0 Å². The molecule has 0 atom stereocenters. The number of nitrogens with one attached hydrogen (secondary N) is 2. The first kappa shape index (κ1) is 17.1. The molecule has 0 aromatic heterocycles. The molecule has 0 spiro atoms. The summed E-state index contributed by atoms with van der Waals surface area (Å²) in [7, 11) is 0. The molecule has 0 radical (unpaired) electrons. The van der Waals surface area contributed by atoms with Crippen LogP contribution in [0.3, 0.4) is 0 Å². The van der Waals surface area contributed by atoms with E-state index in [1.54, 1.807) is 26.0 Å². The molecular formula is C16H13BrF2N2O2. The van der Waals surface area contributed by atoms with Gasteiger partial charge in [-0.05, 0) is 49.2 Å². The van der Waals surface area contributed by atoms with E-state index in [-0.39, 0.29) is 0 Å². The lowest BCUT2D eigenvalue weighted by atomic mass is 10.1. The Labute approximate surface area is 140 Å². The first-order chi connectivity index (χ1) is 10.8. The average molecular weight is 383 g/mol. The van der Waals surface area contributed by atoms with Crippen LogP contribution in [0.15, 0.2) is 34.8 Å². The van der Waals surface area contributed by atoms with Crippen LogP contribution in [0.4, 0.5) is 19.3 Å². The van der Waals surface area contributed by atoms with Gasteiger partial charge in [0.15, 0.2) is 0 Å². The number of carbonyl (C=O) groups is 2. The molecular weight excluding hydrogens is 370 g/mol. The fraction of sp³-hybridized carbons (Fsp3) is 0.125. The van der Waals surface area contributed by atoms with Crippen LogP contribution in [0.25, 0.3) is 0 Å². The van der Waals surface area contributed by atoms with Crippen molar-refractivity contribution in [2.45, 2.75) is 13.8 Å². The topological polar surface area (TPSA) is 58.2 Å². The van der Waals surface area contributed by atoms with Gasteiger partial charge in [-0.3, -0.25) is 10.1 Å². The van der Waals surface area contributed by atoms with Gasteiger partial charge in [0.25, 0.3) is 5.91 Å². The van der Waals surface area contributed by atoms with E-state index < -0.39 is 29.1 Å². The second kappa shape index (κ2) is 6.87. The molecule has 7 heteroatoms. The second-order valence-electron chi connectivity index (χ2n) is 4.92. The van der Waals surface area contributed by atoms with E-state index in [9.17, 15) is 18.4 Å². The van der Waals surface area contributed by atoms with Crippen LogP contribution < -0.4 is 10.6 Å². The van der Waals surface area contributed by atoms with Crippen molar-refractivity contribution >= 4 is 33.6 Å². The van der Waals surface area contributed by atoms with Crippen molar-refractivity contribution in [3.8, 4) is 0 Å². The van der Waals surface area contributed by atoms with E-state index in [4.69, 9.17) is 0 Å².